The zero-order valence-electron chi connectivity index (χ0n) is 9.32. The van der Waals surface area contributed by atoms with Crippen molar-refractivity contribution in [3.63, 3.8) is 0 Å². The smallest absolute Gasteiger partial charge is 0.305 e. The average molecular weight is 212 g/mol. The third-order valence-electron chi connectivity index (χ3n) is 2.04. The molecule has 0 aliphatic carbocycles. The predicted molar refractivity (Wildman–Crippen MR) is 53.7 cm³/mol. The first-order valence-electron chi connectivity index (χ1n) is 4.74. The number of hydrogen-bond acceptors (Lipinski definition) is 4. The summed E-state index contributed by atoms with van der Waals surface area (Å²) in [6, 6.07) is 1.87. The van der Waals surface area contributed by atoms with Gasteiger partial charge in [-0.05, 0) is 13.3 Å². The Bertz CT molecular complexity index is 270. The minimum Gasteiger partial charge on any atom is -0.469 e. The van der Waals surface area contributed by atoms with Gasteiger partial charge in [-0.3, -0.25) is 9.59 Å². The van der Waals surface area contributed by atoms with Crippen molar-refractivity contribution >= 4 is 11.9 Å². The second-order valence-electron chi connectivity index (χ2n) is 3.29. The van der Waals surface area contributed by atoms with Crippen LogP contribution in [0.2, 0.25) is 0 Å². The van der Waals surface area contributed by atoms with Crippen LogP contribution in [0.5, 0.6) is 0 Å². The molecule has 0 heterocycles. The van der Waals surface area contributed by atoms with E-state index in [0.717, 1.165) is 0 Å². The molecular formula is C10H16N2O3. The van der Waals surface area contributed by atoms with Crippen LogP contribution >= 0.6 is 0 Å². The molecule has 15 heavy (non-hydrogen) atoms. The molecule has 0 aromatic rings. The standard InChI is InChI=1S/C10H16N2O3/c1-8(7-11)10(14)12(2)6-4-5-9(13)15-3/h8H,4-6H2,1-3H3. The molecule has 5 nitrogen and oxygen atoms in total. The summed E-state index contributed by atoms with van der Waals surface area (Å²) < 4.78 is 4.47. The van der Waals surface area contributed by atoms with E-state index in [1.54, 1.807) is 14.0 Å². The monoisotopic (exact) mass is 212 g/mol. The van der Waals surface area contributed by atoms with Gasteiger partial charge >= 0.3 is 5.97 Å². The normalized spacial score (nSPS) is 11.3. The van der Waals surface area contributed by atoms with Gasteiger partial charge in [-0.25, -0.2) is 0 Å². The van der Waals surface area contributed by atoms with Gasteiger partial charge in [0.1, 0.15) is 5.92 Å². The summed E-state index contributed by atoms with van der Waals surface area (Å²) in [5.74, 6) is -1.14. The summed E-state index contributed by atoms with van der Waals surface area (Å²) in [4.78, 5) is 23.6. The lowest BCUT2D eigenvalue weighted by atomic mass is 10.2. The first kappa shape index (κ1) is 13.4. The second kappa shape index (κ2) is 6.82. The molecule has 84 valence electrons. The van der Waals surface area contributed by atoms with Crippen LogP contribution in [0, 0.1) is 17.2 Å². The highest BCUT2D eigenvalue weighted by molar-refractivity contribution is 5.80. The van der Waals surface area contributed by atoms with Crippen molar-refractivity contribution in [1.29, 1.82) is 5.26 Å². The summed E-state index contributed by atoms with van der Waals surface area (Å²) in [6.45, 7) is 2.01. The quantitative estimate of drug-likeness (QED) is 0.624. The van der Waals surface area contributed by atoms with Crippen LogP contribution in [0.25, 0.3) is 0 Å². The minimum atomic E-state index is -0.631. The number of esters is 1. The van der Waals surface area contributed by atoms with Crippen molar-refractivity contribution in [2.45, 2.75) is 19.8 Å². The largest absolute Gasteiger partial charge is 0.469 e. The van der Waals surface area contributed by atoms with Crippen LogP contribution in [-0.2, 0) is 14.3 Å². The second-order valence-corrected chi connectivity index (χ2v) is 3.29. The SMILES string of the molecule is COC(=O)CCCN(C)C(=O)C(C)C#N. The van der Waals surface area contributed by atoms with Crippen LogP contribution in [0.15, 0.2) is 0 Å². The van der Waals surface area contributed by atoms with E-state index in [2.05, 4.69) is 4.74 Å². The minimum absolute atomic E-state index is 0.220. The van der Waals surface area contributed by atoms with E-state index in [4.69, 9.17) is 5.26 Å². The zero-order valence-corrected chi connectivity index (χ0v) is 9.32. The van der Waals surface area contributed by atoms with E-state index in [0.29, 0.717) is 13.0 Å². The van der Waals surface area contributed by atoms with Gasteiger partial charge in [-0.1, -0.05) is 0 Å². The van der Waals surface area contributed by atoms with Gasteiger partial charge in [0.15, 0.2) is 0 Å². The van der Waals surface area contributed by atoms with Gasteiger partial charge in [-0.15, -0.1) is 0 Å². The van der Waals surface area contributed by atoms with E-state index < -0.39 is 5.92 Å². The van der Waals surface area contributed by atoms with E-state index in [1.165, 1.54) is 12.0 Å². The Kier molecular flexibility index (Phi) is 6.11. The molecule has 0 bridgehead atoms. The molecule has 1 atom stereocenters. The van der Waals surface area contributed by atoms with E-state index in [1.807, 2.05) is 6.07 Å². The summed E-state index contributed by atoms with van der Waals surface area (Å²) >= 11 is 0. The van der Waals surface area contributed by atoms with E-state index in [-0.39, 0.29) is 18.3 Å². The van der Waals surface area contributed by atoms with Gasteiger partial charge < -0.3 is 9.64 Å². The maximum atomic E-state index is 11.4. The van der Waals surface area contributed by atoms with Crippen molar-refractivity contribution in [2.24, 2.45) is 5.92 Å². The molecule has 0 aliphatic heterocycles. The van der Waals surface area contributed by atoms with Gasteiger partial charge in [0, 0.05) is 20.0 Å². The lowest BCUT2D eigenvalue weighted by Gasteiger charge is -2.17. The maximum Gasteiger partial charge on any atom is 0.305 e. The van der Waals surface area contributed by atoms with E-state index in [9.17, 15) is 9.59 Å². The number of rotatable bonds is 5. The number of nitrogens with zero attached hydrogens (tertiary/aromatic N) is 2. The third kappa shape index (κ3) is 5.01. The van der Waals surface area contributed by atoms with E-state index >= 15 is 0 Å². The van der Waals surface area contributed by atoms with Crippen molar-refractivity contribution < 1.29 is 14.3 Å². The lowest BCUT2D eigenvalue weighted by Crippen LogP contribution is -2.32. The fraction of sp³-hybridized carbons (Fsp3) is 0.700. The van der Waals surface area contributed by atoms with Crippen molar-refractivity contribution in [2.75, 3.05) is 20.7 Å². The Labute approximate surface area is 89.6 Å². The molecule has 5 heteroatoms. The van der Waals surface area contributed by atoms with Crippen LogP contribution in [0.4, 0.5) is 0 Å². The maximum absolute atomic E-state index is 11.4. The number of carbonyl (C=O) groups excluding carboxylic acids is 2. The molecule has 0 aromatic heterocycles. The van der Waals surface area contributed by atoms with Crippen LogP contribution in [-0.4, -0.2) is 37.5 Å². The fourth-order valence-electron chi connectivity index (χ4n) is 1.06. The Balaban J connectivity index is 3.85. The van der Waals surface area contributed by atoms with Crippen molar-refractivity contribution in [3.8, 4) is 6.07 Å². The molecule has 0 spiro atoms. The molecule has 0 N–H and O–H groups in total. The highest BCUT2D eigenvalue weighted by Gasteiger charge is 2.16. The molecule has 0 aromatic carbocycles. The number of methoxy groups -OCH3 is 1. The number of ether oxygens (including phenoxy) is 1. The predicted octanol–water partition coefficient (Wildman–Crippen LogP) is 0.558. The van der Waals surface area contributed by atoms with Gasteiger partial charge in [0.2, 0.25) is 5.91 Å². The average Bonchev–Trinajstić information content (AvgIpc) is 2.26. The van der Waals surface area contributed by atoms with Crippen molar-refractivity contribution in [3.05, 3.63) is 0 Å². The fourth-order valence-corrected chi connectivity index (χ4v) is 1.06. The number of nitriles is 1. The Morgan fingerprint density at radius 3 is 2.60 bits per heavy atom. The Hall–Kier alpha value is -1.57. The Morgan fingerprint density at radius 2 is 2.13 bits per heavy atom. The third-order valence-corrected chi connectivity index (χ3v) is 2.04. The highest BCUT2D eigenvalue weighted by atomic mass is 16.5. The molecule has 1 unspecified atom stereocenters. The number of amides is 1. The molecule has 0 fully saturated rings. The lowest BCUT2D eigenvalue weighted by molar-refractivity contribution is -0.141. The summed E-state index contributed by atoms with van der Waals surface area (Å²) in [6.07, 6.45) is 0.835. The highest BCUT2D eigenvalue weighted by Crippen LogP contribution is 2.01. The molecule has 1 amide bonds. The molecule has 0 saturated carbocycles. The first-order valence-corrected chi connectivity index (χ1v) is 4.74. The van der Waals surface area contributed by atoms with Gasteiger partial charge in [0.25, 0.3) is 0 Å². The molecule has 0 radical (unpaired) electrons. The number of hydrogen-bond donors (Lipinski definition) is 0. The molecule has 0 rings (SSSR count). The summed E-state index contributed by atoms with van der Waals surface area (Å²) in [5.41, 5.74) is 0. The van der Waals surface area contributed by atoms with Crippen LogP contribution in [0.1, 0.15) is 19.8 Å². The number of carbonyl (C=O) groups is 2. The van der Waals surface area contributed by atoms with Gasteiger partial charge in [0.05, 0.1) is 13.2 Å². The van der Waals surface area contributed by atoms with Crippen molar-refractivity contribution in [1.82, 2.24) is 4.90 Å². The van der Waals surface area contributed by atoms with Crippen LogP contribution in [0.3, 0.4) is 0 Å². The molecule has 0 aliphatic rings. The zero-order chi connectivity index (χ0) is 11.8. The summed E-state index contributed by atoms with van der Waals surface area (Å²) in [5, 5.41) is 8.53. The first-order chi connectivity index (χ1) is 7.02. The Morgan fingerprint density at radius 1 is 1.53 bits per heavy atom. The van der Waals surface area contributed by atoms with Gasteiger partial charge in [-0.2, -0.15) is 5.26 Å². The topological polar surface area (TPSA) is 70.4 Å². The summed E-state index contributed by atoms with van der Waals surface area (Å²) in [7, 11) is 2.95. The molecular weight excluding hydrogens is 196 g/mol. The van der Waals surface area contributed by atoms with Crippen LogP contribution < -0.4 is 0 Å². The molecule has 0 saturated heterocycles.